The number of likely N-dealkylation sites (N-methyl/N-ethyl adjacent to an activating group) is 1. The van der Waals surface area contributed by atoms with E-state index in [0.717, 1.165) is 43.5 Å². The fraction of sp³-hybridized carbons (Fsp3) is 0.750. The second-order valence-corrected chi connectivity index (χ2v) is 6.20. The first kappa shape index (κ1) is 16.0. The average Bonchev–Trinajstić information content (AvgIpc) is 2.47. The Morgan fingerprint density at radius 2 is 2.05 bits per heavy atom. The quantitative estimate of drug-likeness (QED) is 0.903. The van der Waals surface area contributed by atoms with Crippen LogP contribution in [0, 0.1) is 13.8 Å². The lowest BCUT2D eigenvalue weighted by Crippen LogP contribution is -2.45. The molecule has 0 bridgehead atoms. The maximum atomic E-state index is 4.72. The zero-order valence-electron chi connectivity index (χ0n) is 14.1. The molecule has 5 nitrogen and oxygen atoms in total. The molecule has 0 spiro atoms. The van der Waals surface area contributed by atoms with Gasteiger partial charge in [0.1, 0.15) is 17.5 Å². The first-order chi connectivity index (χ1) is 10.0. The molecule has 1 N–H and O–H groups in total. The van der Waals surface area contributed by atoms with Gasteiger partial charge in [-0.3, -0.25) is 0 Å². The van der Waals surface area contributed by atoms with Gasteiger partial charge in [-0.1, -0.05) is 6.92 Å². The van der Waals surface area contributed by atoms with Crippen LogP contribution < -0.4 is 10.2 Å². The van der Waals surface area contributed by atoms with Crippen LogP contribution in [0.4, 0.5) is 11.6 Å². The van der Waals surface area contributed by atoms with Gasteiger partial charge in [-0.2, -0.15) is 0 Å². The monoisotopic (exact) mass is 291 g/mol. The fourth-order valence-electron chi connectivity index (χ4n) is 2.91. The number of nitrogens with zero attached hydrogens (tertiary/aromatic N) is 4. The summed E-state index contributed by atoms with van der Waals surface area (Å²) in [4.78, 5) is 14.0. The molecule has 1 aromatic heterocycles. The minimum absolute atomic E-state index is 0.612. The van der Waals surface area contributed by atoms with Gasteiger partial charge in [0.2, 0.25) is 0 Å². The number of aryl methyl sites for hydroxylation is 1. The van der Waals surface area contributed by atoms with Crippen LogP contribution in [0.25, 0.3) is 0 Å². The van der Waals surface area contributed by atoms with Crippen molar-refractivity contribution in [2.45, 2.75) is 46.1 Å². The predicted octanol–water partition coefficient (Wildman–Crippen LogP) is 2.45. The van der Waals surface area contributed by atoms with Gasteiger partial charge in [-0.05, 0) is 47.2 Å². The summed E-state index contributed by atoms with van der Waals surface area (Å²) in [7, 11) is 4.33. The van der Waals surface area contributed by atoms with Crippen molar-refractivity contribution in [3.8, 4) is 0 Å². The third-order valence-corrected chi connectivity index (χ3v) is 4.20. The predicted molar refractivity (Wildman–Crippen MR) is 89.2 cm³/mol. The van der Waals surface area contributed by atoms with E-state index in [1.165, 1.54) is 18.4 Å². The Hall–Kier alpha value is -1.36. The number of rotatable bonds is 5. The van der Waals surface area contributed by atoms with Crippen molar-refractivity contribution in [2.24, 2.45) is 0 Å². The number of anilines is 2. The van der Waals surface area contributed by atoms with Gasteiger partial charge in [-0.15, -0.1) is 0 Å². The molecule has 1 atom stereocenters. The van der Waals surface area contributed by atoms with Crippen LogP contribution in [0.2, 0.25) is 0 Å². The summed E-state index contributed by atoms with van der Waals surface area (Å²) >= 11 is 0. The lowest BCUT2D eigenvalue weighted by molar-refractivity contribution is 0.257. The van der Waals surface area contributed by atoms with E-state index in [-0.39, 0.29) is 0 Å². The third-order valence-electron chi connectivity index (χ3n) is 4.20. The van der Waals surface area contributed by atoms with Crippen molar-refractivity contribution < 1.29 is 0 Å². The zero-order chi connectivity index (χ0) is 15.4. The normalized spacial score (nSPS) is 19.1. The van der Waals surface area contributed by atoms with E-state index in [0.29, 0.717) is 6.04 Å². The highest BCUT2D eigenvalue weighted by Crippen LogP contribution is 2.27. The standard InChI is InChI=1S/C16H29N5/c1-6-9-17-15-12(2)16(19-13(3)18-15)21-10-7-8-14(11-21)20(4)5/h14H,6-11H2,1-5H3,(H,17,18,19). The van der Waals surface area contributed by atoms with Crippen LogP contribution in [-0.2, 0) is 0 Å². The molecule has 0 amide bonds. The molecule has 1 saturated heterocycles. The van der Waals surface area contributed by atoms with Gasteiger partial charge >= 0.3 is 0 Å². The molecule has 0 saturated carbocycles. The van der Waals surface area contributed by atoms with Gasteiger partial charge in [0, 0.05) is 31.2 Å². The molecule has 1 aliphatic heterocycles. The maximum absolute atomic E-state index is 4.72. The second kappa shape index (κ2) is 7.07. The molecule has 5 heteroatoms. The summed E-state index contributed by atoms with van der Waals surface area (Å²) in [5, 5.41) is 3.43. The first-order valence-corrected chi connectivity index (χ1v) is 8.03. The van der Waals surface area contributed by atoms with E-state index < -0.39 is 0 Å². The van der Waals surface area contributed by atoms with Gasteiger partial charge in [0.05, 0.1) is 0 Å². The Kier molecular flexibility index (Phi) is 5.39. The Bertz CT molecular complexity index is 472. The highest BCUT2D eigenvalue weighted by Gasteiger charge is 2.24. The molecule has 118 valence electrons. The number of hydrogen-bond donors (Lipinski definition) is 1. The van der Waals surface area contributed by atoms with Gasteiger partial charge < -0.3 is 15.1 Å². The lowest BCUT2D eigenvalue weighted by Gasteiger charge is -2.37. The molecule has 0 radical (unpaired) electrons. The summed E-state index contributed by atoms with van der Waals surface area (Å²) in [5.74, 6) is 2.94. The first-order valence-electron chi connectivity index (χ1n) is 8.03. The largest absolute Gasteiger partial charge is 0.370 e. The number of aromatic nitrogens is 2. The van der Waals surface area contributed by atoms with Crippen molar-refractivity contribution >= 4 is 11.6 Å². The minimum atomic E-state index is 0.612. The Balaban J connectivity index is 2.23. The highest BCUT2D eigenvalue weighted by atomic mass is 15.3. The molecule has 0 aliphatic carbocycles. The van der Waals surface area contributed by atoms with Crippen LogP contribution in [-0.4, -0.2) is 54.6 Å². The van der Waals surface area contributed by atoms with Gasteiger partial charge in [0.25, 0.3) is 0 Å². The Labute approximate surface area is 128 Å². The van der Waals surface area contributed by atoms with Crippen LogP contribution in [0.5, 0.6) is 0 Å². The Morgan fingerprint density at radius 1 is 1.29 bits per heavy atom. The molecule has 1 unspecified atom stereocenters. The van der Waals surface area contributed by atoms with Crippen molar-refractivity contribution in [1.29, 1.82) is 0 Å². The number of nitrogens with one attached hydrogen (secondary N) is 1. The third kappa shape index (κ3) is 3.84. The summed E-state index contributed by atoms with van der Waals surface area (Å²) in [5.41, 5.74) is 1.17. The zero-order valence-corrected chi connectivity index (χ0v) is 14.1. The van der Waals surface area contributed by atoms with Gasteiger partial charge in [0.15, 0.2) is 0 Å². The number of piperidine rings is 1. The smallest absolute Gasteiger partial charge is 0.137 e. The highest BCUT2D eigenvalue weighted by molar-refractivity contribution is 5.59. The molecule has 2 rings (SSSR count). The van der Waals surface area contributed by atoms with Crippen molar-refractivity contribution in [1.82, 2.24) is 14.9 Å². The lowest BCUT2D eigenvalue weighted by atomic mass is 10.0. The van der Waals surface area contributed by atoms with E-state index >= 15 is 0 Å². The fourth-order valence-corrected chi connectivity index (χ4v) is 2.91. The van der Waals surface area contributed by atoms with E-state index in [4.69, 9.17) is 4.98 Å². The van der Waals surface area contributed by atoms with Crippen molar-refractivity contribution in [2.75, 3.05) is 43.9 Å². The molecule has 1 aliphatic rings. The van der Waals surface area contributed by atoms with E-state index in [9.17, 15) is 0 Å². The number of hydrogen-bond acceptors (Lipinski definition) is 5. The van der Waals surface area contributed by atoms with E-state index in [1.807, 2.05) is 6.92 Å². The molecular weight excluding hydrogens is 262 g/mol. The van der Waals surface area contributed by atoms with Crippen molar-refractivity contribution in [3.63, 3.8) is 0 Å². The summed E-state index contributed by atoms with van der Waals surface area (Å²) in [6, 6.07) is 0.612. The molecule has 1 aromatic rings. The van der Waals surface area contributed by atoms with E-state index in [2.05, 4.69) is 48.0 Å². The molecular formula is C16H29N5. The van der Waals surface area contributed by atoms with Crippen LogP contribution in [0.3, 0.4) is 0 Å². The SMILES string of the molecule is CCCNc1nc(C)nc(N2CCCC(N(C)C)C2)c1C. The maximum Gasteiger partial charge on any atom is 0.137 e. The molecule has 21 heavy (non-hydrogen) atoms. The summed E-state index contributed by atoms with van der Waals surface area (Å²) < 4.78 is 0. The van der Waals surface area contributed by atoms with Gasteiger partial charge in [-0.25, -0.2) is 9.97 Å². The molecule has 1 fully saturated rings. The summed E-state index contributed by atoms with van der Waals surface area (Å²) in [6.45, 7) is 9.38. The second-order valence-electron chi connectivity index (χ2n) is 6.20. The average molecular weight is 291 g/mol. The topological polar surface area (TPSA) is 44.3 Å². The van der Waals surface area contributed by atoms with Crippen LogP contribution in [0.1, 0.15) is 37.6 Å². The van der Waals surface area contributed by atoms with Crippen LogP contribution in [0.15, 0.2) is 0 Å². The van der Waals surface area contributed by atoms with Crippen LogP contribution >= 0.6 is 0 Å². The van der Waals surface area contributed by atoms with E-state index in [1.54, 1.807) is 0 Å². The molecule has 2 heterocycles. The van der Waals surface area contributed by atoms with Crippen molar-refractivity contribution in [3.05, 3.63) is 11.4 Å². The Morgan fingerprint density at radius 3 is 2.71 bits per heavy atom. The summed E-state index contributed by atoms with van der Waals surface area (Å²) in [6.07, 6.45) is 3.60. The minimum Gasteiger partial charge on any atom is -0.370 e. The molecule has 0 aromatic carbocycles.